The van der Waals surface area contributed by atoms with Gasteiger partial charge in [-0.25, -0.2) is 0 Å². The predicted molar refractivity (Wildman–Crippen MR) is 92.3 cm³/mol. The van der Waals surface area contributed by atoms with E-state index in [4.69, 9.17) is 0 Å². The minimum Gasteiger partial charge on any atom is -0.345 e. The number of nitrogens with one attached hydrogen (secondary N) is 1. The van der Waals surface area contributed by atoms with E-state index in [1.54, 1.807) is 0 Å². The maximum absolute atomic E-state index is 12.6. The highest BCUT2D eigenvalue weighted by atomic mass is 16.2. The Kier molecular flexibility index (Phi) is 4.10. The Morgan fingerprint density at radius 2 is 1.60 bits per heavy atom. The second-order valence-corrected chi connectivity index (χ2v) is 7.61. The number of hydrogen-bond donors (Lipinski definition) is 1. The second-order valence-electron chi connectivity index (χ2n) is 7.61. The molecule has 1 aromatic rings. The van der Waals surface area contributed by atoms with Gasteiger partial charge in [-0.1, -0.05) is 43.2 Å². The van der Waals surface area contributed by atoms with Crippen molar-refractivity contribution in [2.75, 3.05) is 6.54 Å². The van der Waals surface area contributed by atoms with Crippen molar-refractivity contribution in [2.24, 2.45) is 11.8 Å². The molecule has 1 aromatic carbocycles. The lowest BCUT2D eigenvalue weighted by Gasteiger charge is -2.43. The van der Waals surface area contributed by atoms with Crippen LogP contribution in [0.3, 0.4) is 0 Å². The van der Waals surface area contributed by atoms with Crippen LogP contribution in [0.15, 0.2) is 30.3 Å². The molecule has 132 valence electrons. The fourth-order valence-corrected chi connectivity index (χ4v) is 4.61. The summed E-state index contributed by atoms with van der Waals surface area (Å²) >= 11 is 0. The zero-order valence-corrected chi connectivity index (χ0v) is 14.4. The van der Waals surface area contributed by atoms with Crippen LogP contribution in [0, 0.1) is 11.8 Å². The first kappa shape index (κ1) is 16.3. The number of carbonyl (C=O) groups excluding carboxylic acids is 3. The van der Waals surface area contributed by atoms with E-state index in [0.717, 1.165) is 50.5 Å². The van der Waals surface area contributed by atoms with E-state index in [9.17, 15) is 14.4 Å². The van der Waals surface area contributed by atoms with Gasteiger partial charge in [-0.05, 0) is 37.7 Å². The zero-order valence-electron chi connectivity index (χ0n) is 14.4. The molecule has 5 heteroatoms. The molecular weight excluding hydrogens is 316 g/mol. The maximum atomic E-state index is 12.6. The van der Waals surface area contributed by atoms with Gasteiger partial charge >= 0.3 is 0 Å². The molecule has 0 radical (unpaired) electrons. The summed E-state index contributed by atoms with van der Waals surface area (Å²) in [6, 6.07) is 9.96. The molecule has 1 heterocycles. The molecular formula is C20H24N2O3. The van der Waals surface area contributed by atoms with Crippen molar-refractivity contribution >= 4 is 17.7 Å². The number of likely N-dealkylation sites (tertiary alicyclic amines) is 1. The van der Waals surface area contributed by atoms with E-state index in [-0.39, 0.29) is 41.6 Å². The van der Waals surface area contributed by atoms with Crippen LogP contribution in [0.4, 0.5) is 0 Å². The number of fused-ring (bicyclic) bond motifs is 1. The lowest BCUT2D eigenvalue weighted by atomic mass is 9.72. The first-order valence-corrected chi connectivity index (χ1v) is 9.32. The van der Waals surface area contributed by atoms with Crippen LogP contribution in [-0.2, 0) is 19.9 Å². The van der Waals surface area contributed by atoms with E-state index in [0.29, 0.717) is 0 Å². The zero-order chi connectivity index (χ0) is 17.4. The molecule has 2 saturated carbocycles. The number of benzene rings is 1. The van der Waals surface area contributed by atoms with Crippen LogP contribution in [0.1, 0.15) is 50.5 Å². The predicted octanol–water partition coefficient (Wildman–Crippen LogP) is 2.36. The van der Waals surface area contributed by atoms with Crippen molar-refractivity contribution < 1.29 is 14.4 Å². The van der Waals surface area contributed by atoms with Crippen LogP contribution < -0.4 is 5.32 Å². The normalized spacial score (nSPS) is 27.6. The molecule has 3 aliphatic rings. The number of carbonyl (C=O) groups is 3. The first-order valence-electron chi connectivity index (χ1n) is 9.32. The highest BCUT2D eigenvalue weighted by Gasteiger charge is 2.49. The van der Waals surface area contributed by atoms with Gasteiger partial charge in [0.25, 0.3) is 0 Å². The Morgan fingerprint density at radius 3 is 2.12 bits per heavy atom. The molecule has 0 spiro atoms. The first-order chi connectivity index (χ1) is 12.1. The Bertz CT molecular complexity index is 672. The molecule has 2 unspecified atom stereocenters. The van der Waals surface area contributed by atoms with Crippen LogP contribution in [0.5, 0.6) is 0 Å². The van der Waals surface area contributed by atoms with E-state index in [1.807, 2.05) is 30.3 Å². The van der Waals surface area contributed by atoms with Gasteiger partial charge in [-0.2, -0.15) is 0 Å². The molecule has 25 heavy (non-hydrogen) atoms. The number of hydrogen-bond acceptors (Lipinski definition) is 3. The summed E-state index contributed by atoms with van der Waals surface area (Å²) in [5, 5.41) is 3.11. The van der Waals surface area contributed by atoms with Crippen molar-refractivity contribution in [2.45, 2.75) is 50.5 Å². The van der Waals surface area contributed by atoms with Crippen LogP contribution >= 0.6 is 0 Å². The van der Waals surface area contributed by atoms with Crippen LogP contribution in [0.25, 0.3) is 0 Å². The lowest BCUT2D eigenvalue weighted by Crippen LogP contribution is -2.53. The van der Waals surface area contributed by atoms with Gasteiger partial charge < -0.3 is 5.32 Å². The molecule has 5 nitrogen and oxygen atoms in total. The molecule has 1 aliphatic heterocycles. The standard InChI is InChI=1S/C20H24N2O3/c23-17(21-20(11-6-12-20)14-7-2-1-3-8-14)13-22-18(24)15-9-4-5-10-16(15)19(22)25/h1-3,7-8,15-16H,4-6,9-13H2,(H,21,23). The number of amides is 3. The smallest absolute Gasteiger partial charge is 0.240 e. The van der Waals surface area contributed by atoms with E-state index in [2.05, 4.69) is 5.32 Å². The quantitative estimate of drug-likeness (QED) is 0.856. The molecule has 2 aliphatic carbocycles. The third kappa shape index (κ3) is 2.75. The summed E-state index contributed by atoms with van der Waals surface area (Å²) in [4.78, 5) is 38.9. The highest BCUT2D eigenvalue weighted by molar-refractivity contribution is 6.07. The number of rotatable bonds is 4. The SMILES string of the molecule is O=C(CN1C(=O)C2CCCCC2C1=O)NC1(c2ccccc2)CCC1. The second kappa shape index (κ2) is 6.28. The van der Waals surface area contributed by atoms with Gasteiger partial charge in [-0.15, -0.1) is 0 Å². The van der Waals surface area contributed by atoms with Gasteiger partial charge in [0.1, 0.15) is 6.54 Å². The minimum atomic E-state index is -0.336. The summed E-state index contributed by atoms with van der Waals surface area (Å²) in [7, 11) is 0. The maximum Gasteiger partial charge on any atom is 0.240 e. The number of imide groups is 1. The highest BCUT2D eigenvalue weighted by Crippen LogP contribution is 2.41. The van der Waals surface area contributed by atoms with E-state index >= 15 is 0 Å². The van der Waals surface area contributed by atoms with Crippen LogP contribution in [0.2, 0.25) is 0 Å². The van der Waals surface area contributed by atoms with Crippen molar-refractivity contribution in [1.82, 2.24) is 10.2 Å². The largest absolute Gasteiger partial charge is 0.345 e. The summed E-state index contributed by atoms with van der Waals surface area (Å²) < 4.78 is 0. The van der Waals surface area contributed by atoms with Gasteiger partial charge in [0.05, 0.1) is 17.4 Å². The monoisotopic (exact) mass is 340 g/mol. The van der Waals surface area contributed by atoms with Crippen molar-refractivity contribution in [1.29, 1.82) is 0 Å². The molecule has 0 aromatic heterocycles. The van der Waals surface area contributed by atoms with Gasteiger partial charge in [0.15, 0.2) is 0 Å². The summed E-state index contributed by atoms with van der Waals surface area (Å²) in [5.41, 5.74) is 0.763. The van der Waals surface area contributed by atoms with Gasteiger partial charge in [-0.3, -0.25) is 19.3 Å². The topological polar surface area (TPSA) is 66.5 Å². The fourth-order valence-electron chi connectivity index (χ4n) is 4.61. The van der Waals surface area contributed by atoms with Gasteiger partial charge in [0.2, 0.25) is 17.7 Å². The molecule has 3 amide bonds. The van der Waals surface area contributed by atoms with Crippen LogP contribution in [-0.4, -0.2) is 29.2 Å². The third-order valence-electron chi connectivity index (χ3n) is 6.15. The van der Waals surface area contributed by atoms with E-state index in [1.165, 1.54) is 4.90 Å². The molecule has 4 rings (SSSR count). The Balaban J connectivity index is 1.45. The third-order valence-corrected chi connectivity index (χ3v) is 6.15. The molecule has 1 saturated heterocycles. The lowest BCUT2D eigenvalue weighted by molar-refractivity contribution is -0.144. The molecule has 3 fully saturated rings. The fraction of sp³-hybridized carbons (Fsp3) is 0.550. The molecule has 0 bridgehead atoms. The Hall–Kier alpha value is -2.17. The average molecular weight is 340 g/mol. The molecule has 2 atom stereocenters. The van der Waals surface area contributed by atoms with Crippen molar-refractivity contribution in [3.05, 3.63) is 35.9 Å². The van der Waals surface area contributed by atoms with Gasteiger partial charge in [0, 0.05) is 0 Å². The van der Waals surface area contributed by atoms with Crippen molar-refractivity contribution in [3.63, 3.8) is 0 Å². The Morgan fingerprint density at radius 1 is 1.00 bits per heavy atom. The molecule has 1 N–H and O–H groups in total. The summed E-state index contributed by atoms with van der Waals surface area (Å²) in [6.45, 7) is -0.140. The number of nitrogens with zero attached hydrogens (tertiary/aromatic N) is 1. The minimum absolute atomic E-state index is 0.140. The summed E-state index contributed by atoms with van der Waals surface area (Å²) in [5.74, 6) is -0.912. The average Bonchev–Trinajstić information content (AvgIpc) is 2.84. The summed E-state index contributed by atoms with van der Waals surface area (Å²) in [6.07, 6.45) is 6.42. The van der Waals surface area contributed by atoms with E-state index < -0.39 is 0 Å². The van der Waals surface area contributed by atoms with Crippen molar-refractivity contribution in [3.8, 4) is 0 Å². The Labute approximate surface area is 147 Å².